The third kappa shape index (κ3) is 4.02. The van der Waals surface area contributed by atoms with E-state index in [1.165, 1.54) is 31.9 Å². The summed E-state index contributed by atoms with van der Waals surface area (Å²) in [6, 6.07) is 3.15. The number of aryl methyl sites for hydroxylation is 1. The second-order valence-electron chi connectivity index (χ2n) is 7.91. The average Bonchev–Trinajstić information content (AvgIpc) is 3.39. The number of halogens is 2. The molecule has 1 aromatic carbocycles. The van der Waals surface area contributed by atoms with Gasteiger partial charge in [-0.2, -0.15) is 0 Å². The van der Waals surface area contributed by atoms with Crippen molar-refractivity contribution in [2.75, 3.05) is 26.2 Å². The third-order valence-electron chi connectivity index (χ3n) is 5.50. The van der Waals surface area contributed by atoms with Crippen molar-refractivity contribution in [1.29, 1.82) is 0 Å². The van der Waals surface area contributed by atoms with Crippen LogP contribution < -0.4 is 0 Å². The molecule has 0 unspecified atom stereocenters. The summed E-state index contributed by atoms with van der Waals surface area (Å²) in [6.07, 6.45) is 3.48. The highest BCUT2D eigenvalue weighted by atomic mass is 19.2. The Morgan fingerprint density at radius 3 is 2.56 bits per heavy atom. The molecule has 25 heavy (non-hydrogen) atoms. The molecule has 0 aromatic heterocycles. The quantitative estimate of drug-likeness (QED) is 0.823. The zero-order valence-electron chi connectivity index (χ0n) is 15.4. The van der Waals surface area contributed by atoms with Crippen LogP contribution in [0.2, 0.25) is 0 Å². The second-order valence-corrected chi connectivity index (χ2v) is 7.91. The van der Waals surface area contributed by atoms with E-state index in [-0.39, 0.29) is 17.2 Å². The highest BCUT2D eigenvalue weighted by Crippen LogP contribution is 2.32. The van der Waals surface area contributed by atoms with Gasteiger partial charge in [-0.3, -0.25) is 9.69 Å². The lowest BCUT2D eigenvalue weighted by atomic mass is 10.0. The Morgan fingerprint density at radius 1 is 1.20 bits per heavy atom. The molecule has 1 atom stereocenters. The molecule has 3 rings (SSSR count). The molecule has 1 aliphatic heterocycles. The first kappa shape index (κ1) is 18.3. The van der Waals surface area contributed by atoms with Crippen LogP contribution in [0.1, 0.15) is 49.0 Å². The van der Waals surface area contributed by atoms with Crippen molar-refractivity contribution in [3.8, 4) is 0 Å². The monoisotopic (exact) mass is 350 g/mol. The Kier molecular flexibility index (Phi) is 5.42. The number of carbonyl (C=O) groups is 1. The van der Waals surface area contributed by atoms with E-state index in [2.05, 4.69) is 18.7 Å². The van der Waals surface area contributed by atoms with E-state index in [4.69, 9.17) is 0 Å². The van der Waals surface area contributed by atoms with Crippen LogP contribution in [-0.2, 0) is 0 Å². The van der Waals surface area contributed by atoms with Crippen LogP contribution >= 0.6 is 0 Å². The molecule has 0 bridgehead atoms. The van der Waals surface area contributed by atoms with Crippen molar-refractivity contribution in [1.82, 2.24) is 9.80 Å². The topological polar surface area (TPSA) is 23.6 Å². The molecule has 0 N–H and O–H groups in total. The molecule has 1 aromatic rings. The van der Waals surface area contributed by atoms with Gasteiger partial charge in [0.05, 0.1) is 5.56 Å². The van der Waals surface area contributed by atoms with Crippen molar-refractivity contribution in [2.45, 2.75) is 46.1 Å². The van der Waals surface area contributed by atoms with Gasteiger partial charge >= 0.3 is 0 Å². The van der Waals surface area contributed by atoms with Crippen LogP contribution in [0.25, 0.3) is 0 Å². The van der Waals surface area contributed by atoms with E-state index in [9.17, 15) is 13.6 Å². The zero-order chi connectivity index (χ0) is 18.1. The molecule has 5 heteroatoms. The fourth-order valence-electron chi connectivity index (χ4n) is 3.72. The van der Waals surface area contributed by atoms with E-state index in [0.717, 1.165) is 25.4 Å². The van der Waals surface area contributed by atoms with E-state index in [1.54, 1.807) is 4.90 Å². The molecule has 2 fully saturated rings. The van der Waals surface area contributed by atoms with Gasteiger partial charge in [0.25, 0.3) is 5.91 Å². The van der Waals surface area contributed by atoms with Crippen LogP contribution in [0.5, 0.6) is 0 Å². The predicted molar refractivity (Wildman–Crippen MR) is 94.5 cm³/mol. The van der Waals surface area contributed by atoms with Crippen molar-refractivity contribution in [3.05, 3.63) is 34.9 Å². The maximum atomic E-state index is 14.2. The molecule has 0 radical (unpaired) electrons. The predicted octanol–water partition coefficient (Wildman–Crippen LogP) is 3.86. The van der Waals surface area contributed by atoms with E-state index in [1.807, 2.05) is 0 Å². The third-order valence-corrected chi connectivity index (χ3v) is 5.50. The molecule has 3 nitrogen and oxygen atoms in total. The highest BCUT2D eigenvalue weighted by molar-refractivity contribution is 5.94. The number of carbonyl (C=O) groups excluding carboxylic acids is 1. The van der Waals surface area contributed by atoms with Crippen LogP contribution in [-0.4, -0.2) is 47.9 Å². The summed E-state index contributed by atoms with van der Waals surface area (Å²) < 4.78 is 28.1. The summed E-state index contributed by atoms with van der Waals surface area (Å²) in [4.78, 5) is 17.1. The first-order valence-electron chi connectivity index (χ1n) is 9.36. The van der Waals surface area contributed by atoms with Crippen molar-refractivity contribution in [2.24, 2.45) is 11.8 Å². The van der Waals surface area contributed by atoms with Gasteiger partial charge in [0.2, 0.25) is 0 Å². The van der Waals surface area contributed by atoms with Gasteiger partial charge in [-0.25, -0.2) is 8.78 Å². The van der Waals surface area contributed by atoms with Crippen LogP contribution in [0.3, 0.4) is 0 Å². The normalized spacial score (nSPS) is 22.3. The molecule has 1 saturated carbocycles. The lowest BCUT2D eigenvalue weighted by Gasteiger charge is -2.34. The Morgan fingerprint density at radius 2 is 1.92 bits per heavy atom. The number of amides is 1. The molecule has 1 heterocycles. The molecule has 138 valence electrons. The summed E-state index contributed by atoms with van der Waals surface area (Å²) in [5, 5.41) is 0. The van der Waals surface area contributed by atoms with Gasteiger partial charge in [0.15, 0.2) is 11.6 Å². The van der Waals surface area contributed by atoms with Crippen molar-refractivity contribution >= 4 is 5.91 Å². The molecule has 1 saturated heterocycles. The summed E-state index contributed by atoms with van der Waals surface area (Å²) >= 11 is 0. The van der Waals surface area contributed by atoms with Gasteiger partial charge in [-0.1, -0.05) is 19.9 Å². The van der Waals surface area contributed by atoms with Gasteiger partial charge in [0.1, 0.15) is 0 Å². The lowest BCUT2D eigenvalue weighted by Crippen LogP contribution is -2.46. The van der Waals surface area contributed by atoms with Crippen molar-refractivity contribution < 1.29 is 13.6 Å². The zero-order valence-corrected chi connectivity index (χ0v) is 15.4. The smallest absolute Gasteiger partial charge is 0.256 e. The van der Waals surface area contributed by atoms with Crippen LogP contribution in [0, 0.1) is 30.4 Å². The van der Waals surface area contributed by atoms with Crippen LogP contribution in [0.4, 0.5) is 8.78 Å². The van der Waals surface area contributed by atoms with Gasteiger partial charge in [0, 0.05) is 32.2 Å². The minimum atomic E-state index is -1.02. The Labute approximate surface area is 149 Å². The summed E-state index contributed by atoms with van der Waals surface area (Å²) in [5.41, 5.74) is 0.0711. The van der Waals surface area contributed by atoms with E-state index in [0.29, 0.717) is 19.0 Å². The summed E-state index contributed by atoms with van der Waals surface area (Å²) in [6.45, 7) is 9.08. The Hall–Kier alpha value is -1.49. The molecular formula is C20H28F2N2O. The molecule has 2 aliphatic rings. The minimum Gasteiger partial charge on any atom is -0.337 e. The second kappa shape index (κ2) is 7.40. The SMILES string of the molecule is Cc1ccc(C(=O)N2CCCN(CC3CC3)[C@H](C(C)C)C2)c(F)c1F. The van der Waals surface area contributed by atoms with Gasteiger partial charge < -0.3 is 4.90 Å². The molecule has 1 aliphatic carbocycles. The van der Waals surface area contributed by atoms with E-state index >= 15 is 0 Å². The summed E-state index contributed by atoms with van der Waals surface area (Å²) in [7, 11) is 0. The Bertz CT molecular complexity index is 643. The fraction of sp³-hybridized carbons (Fsp3) is 0.650. The molecule has 0 spiro atoms. The molecular weight excluding hydrogens is 322 g/mol. The van der Waals surface area contributed by atoms with E-state index < -0.39 is 17.5 Å². The highest BCUT2D eigenvalue weighted by Gasteiger charge is 2.34. The molecule has 1 amide bonds. The first-order valence-corrected chi connectivity index (χ1v) is 9.36. The first-order chi connectivity index (χ1) is 11.9. The van der Waals surface area contributed by atoms with Gasteiger partial charge in [-0.15, -0.1) is 0 Å². The average molecular weight is 350 g/mol. The number of benzene rings is 1. The summed E-state index contributed by atoms with van der Waals surface area (Å²) in [5.74, 6) is -1.13. The maximum absolute atomic E-state index is 14.2. The largest absolute Gasteiger partial charge is 0.337 e. The van der Waals surface area contributed by atoms with Crippen molar-refractivity contribution in [3.63, 3.8) is 0 Å². The van der Waals surface area contributed by atoms with Crippen LogP contribution in [0.15, 0.2) is 12.1 Å². The maximum Gasteiger partial charge on any atom is 0.256 e. The number of rotatable bonds is 4. The fourth-order valence-corrected chi connectivity index (χ4v) is 3.72. The van der Waals surface area contributed by atoms with Gasteiger partial charge in [-0.05, 0) is 49.7 Å². The number of nitrogens with zero attached hydrogens (tertiary/aromatic N) is 2. The Balaban J connectivity index is 1.79. The number of hydrogen-bond donors (Lipinski definition) is 0. The lowest BCUT2D eigenvalue weighted by molar-refractivity contribution is 0.0698. The number of hydrogen-bond acceptors (Lipinski definition) is 2. The standard InChI is InChI=1S/C20H28F2N2O/c1-13(2)17-12-24(10-4-9-23(17)11-15-6-7-15)20(25)16-8-5-14(3)18(21)19(16)22/h5,8,13,15,17H,4,6-7,9-12H2,1-3H3/t17-/m0/s1. The minimum absolute atomic E-state index is 0.152.